The van der Waals surface area contributed by atoms with Crippen molar-refractivity contribution in [2.45, 2.75) is 59.8 Å². The molecule has 0 aromatic carbocycles. The Bertz CT molecular complexity index is 490. The van der Waals surface area contributed by atoms with Crippen molar-refractivity contribution in [1.82, 2.24) is 0 Å². The van der Waals surface area contributed by atoms with Gasteiger partial charge in [0.05, 0.1) is 0 Å². The Balaban J connectivity index is 2.10. The van der Waals surface area contributed by atoms with Gasteiger partial charge < -0.3 is 0 Å². The molecule has 0 N–H and O–H groups in total. The number of rotatable bonds is 6. The zero-order valence-corrected chi connectivity index (χ0v) is 14.2. The first-order chi connectivity index (χ1) is 9.63. The Morgan fingerprint density at radius 1 is 1.15 bits per heavy atom. The zero-order chi connectivity index (χ0) is 14.5. The van der Waals surface area contributed by atoms with Crippen LogP contribution in [0.2, 0.25) is 0 Å². The lowest BCUT2D eigenvalue weighted by molar-refractivity contribution is 0.525. The van der Waals surface area contributed by atoms with Gasteiger partial charge in [0, 0.05) is 4.88 Å². The molecule has 0 bridgehead atoms. The van der Waals surface area contributed by atoms with Crippen LogP contribution in [-0.4, -0.2) is 0 Å². The minimum absolute atomic E-state index is 0.657. The minimum Gasteiger partial charge on any atom is -0.144 e. The monoisotopic (exact) mass is 288 g/mol. The molecule has 1 aromatic rings. The molecule has 0 radical (unpaired) electrons. The van der Waals surface area contributed by atoms with Crippen molar-refractivity contribution < 1.29 is 0 Å². The highest BCUT2D eigenvalue weighted by atomic mass is 32.1. The fourth-order valence-corrected chi connectivity index (χ4v) is 3.89. The van der Waals surface area contributed by atoms with Gasteiger partial charge in [0.1, 0.15) is 0 Å². The van der Waals surface area contributed by atoms with E-state index in [-0.39, 0.29) is 0 Å². The molecule has 1 heteroatoms. The maximum atomic E-state index is 2.47. The van der Waals surface area contributed by atoms with E-state index in [4.69, 9.17) is 0 Å². The molecule has 110 valence electrons. The summed E-state index contributed by atoms with van der Waals surface area (Å²) in [4.78, 5) is 1.51. The van der Waals surface area contributed by atoms with Crippen LogP contribution < -0.4 is 0 Å². The van der Waals surface area contributed by atoms with Gasteiger partial charge in [-0.05, 0) is 54.2 Å². The second-order valence-electron chi connectivity index (χ2n) is 6.24. The van der Waals surface area contributed by atoms with Gasteiger partial charge in [-0.15, -0.1) is 11.3 Å². The lowest BCUT2D eigenvalue weighted by Gasteiger charge is -2.24. The summed E-state index contributed by atoms with van der Waals surface area (Å²) in [6.07, 6.45) is 11.5. The molecule has 1 aliphatic rings. The summed E-state index contributed by atoms with van der Waals surface area (Å²) in [5.41, 5.74) is 4.55. The Hall–Kier alpha value is -0.820. The van der Waals surface area contributed by atoms with Crippen LogP contribution in [0.15, 0.2) is 29.2 Å². The van der Waals surface area contributed by atoms with E-state index in [2.05, 4.69) is 51.3 Å². The molecule has 0 saturated heterocycles. The number of unbranched alkanes of at least 4 members (excludes halogenated alkanes) is 3. The largest absolute Gasteiger partial charge is 0.144 e. The van der Waals surface area contributed by atoms with E-state index in [0.29, 0.717) is 11.8 Å². The van der Waals surface area contributed by atoms with Crippen LogP contribution in [-0.2, 0) is 6.42 Å². The molecule has 1 heterocycles. The number of thiophene rings is 1. The zero-order valence-electron chi connectivity index (χ0n) is 13.4. The standard InChI is InChI=1S/C19H28S/c1-5-6-7-8-9-17-10-11-20-19(17)18-12-14(2)16(4)15(3)13-18/h10-14,16H,5-9H2,1-4H3/t14?,16-/m1/s1. The van der Waals surface area contributed by atoms with Crippen LogP contribution in [0, 0.1) is 11.8 Å². The van der Waals surface area contributed by atoms with Gasteiger partial charge in [-0.2, -0.15) is 0 Å². The second-order valence-corrected chi connectivity index (χ2v) is 7.16. The van der Waals surface area contributed by atoms with Gasteiger partial charge in [-0.3, -0.25) is 0 Å². The Morgan fingerprint density at radius 2 is 1.95 bits per heavy atom. The number of hydrogen-bond donors (Lipinski definition) is 0. The van der Waals surface area contributed by atoms with Gasteiger partial charge in [0.15, 0.2) is 0 Å². The second kappa shape index (κ2) is 7.26. The van der Waals surface area contributed by atoms with E-state index in [0.717, 1.165) is 0 Å². The van der Waals surface area contributed by atoms with Gasteiger partial charge in [-0.25, -0.2) is 0 Å². The van der Waals surface area contributed by atoms with E-state index in [9.17, 15) is 0 Å². The first kappa shape index (κ1) is 15.6. The third kappa shape index (κ3) is 3.63. The maximum Gasteiger partial charge on any atom is 0.0371 e. The third-order valence-electron chi connectivity index (χ3n) is 4.64. The molecule has 0 fully saturated rings. The van der Waals surface area contributed by atoms with Crippen LogP contribution in [0.5, 0.6) is 0 Å². The molecule has 0 amide bonds. The van der Waals surface area contributed by atoms with E-state index in [1.807, 2.05) is 11.3 Å². The van der Waals surface area contributed by atoms with E-state index < -0.39 is 0 Å². The first-order valence-corrected chi connectivity index (χ1v) is 8.98. The SMILES string of the molecule is CCCCCCc1ccsc1C1=CC(C)[C@@H](C)C(C)=C1. The molecule has 1 aromatic heterocycles. The normalized spacial score (nSPS) is 22.6. The number of hydrogen-bond acceptors (Lipinski definition) is 1. The van der Waals surface area contributed by atoms with Crippen molar-refractivity contribution in [3.8, 4) is 0 Å². The summed E-state index contributed by atoms with van der Waals surface area (Å²) in [6.45, 7) is 9.24. The predicted molar refractivity (Wildman–Crippen MR) is 92.2 cm³/mol. The van der Waals surface area contributed by atoms with Gasteiger partial charge in [0.2, 0.25) is 0 Å². The van der Waals surface area contributed by atoms with Crippen LogP contribution in [0.1, 0.15) is 63.8 Å². The molecule has 20 heavy (non-hydrogen) atoms. The van der Waals surface area contributed by atoms with E-state index in [1.165, 1.54) is 48.1 Å². The van der Waals surface area contributed by atoms with Crippen LogP contribution in [0.3, 0.4) is 0 Å². The number of aryl methyl sites for hydroxylation is 1. The van der Waals surface area contributed by atoms with Crippen molar-refractivity contribution >= 4 is 16.9 Å². The fourth-order valence-electron chi connectivity index (χ4n) is 2.94. The molecular weight excluding hydrogens is 260 g/mol. The summed E-state index contributed by atoms with van der Waals surface area (Å²) in [7, 11) is 0. The lowest BCUT2D eigenvalue weighted by atomic mass is 9.82. The highest BCUT2D eigenvalue weighted by Crippen LogP contribution is 2.36. The smallest absolute Gasteiger partial charge is 0.0371 e. The highest BCUT2D eigenvalue weighted by Gasteiger charge is 2.19. The quantitative estimate of drug-likeness (QED) is 0.525. The number of allylic oxidation sites excluding steroid dienone is 4. The van der Waals surface area contributed by atoms with Crippen LogP contribution >= 0.6 is 11.3 Å². The molecule has 2 rings (SSSR count). The van der Waals surface area contributed by atoms with Crippen molar-refractivity contribution in [2.75, 3.05) is 0 Å². The topological polar surface area (TPSA) is 0 Å². The predicted octanol–water partition coefficient (Wildman–Crippen LogP) is 6.49. The lowest BCUT2D eigenvalue weighted by Crippen LogP contribution is -2.11. The fraction of sp³-hybridized carbons (Fsp3) is 0.579. The summed E-state index contributed by atoms with van der Waals surface area (Å²) in [6, 6.07) is 2.33. The van der Waals surface area contributed by atoms with Crippen molar-refractivity contribution in [3.05, 3.63) is 39.6 Å². The van der Waals surface area contributed by atoms with Gasteiger partial charge in [0.25, 0.3) is 0 Å². The Kier molecular flexibility index (Phi) is 5.65. The van der Waals surface area contributed by atoms with E-state index >= 15 is 0 Å². The molecule has 2 atom stereocenters. The highest BCUT2D eigenvalue weighted by molar-refractivity contribution is 7.11. The maximum absolute atomic E-state index is 2.47. The van der Waals surface area contributed by atoms with Crippen molar-refractivity contribution in [1.29, 1.82) is 0 Å². The molecule has 0 spiro atoms. The van der Waals surface area contributed by atoms with Crippen LogP contribution in [0.4, 0.5) is 0 Å². The van der Waals surface area contributed by atoms with E-state index in [1.54, 1.807) is 5.56 Å². The minimum atomic E-state index is 0.657. The summed E-state index contributed by atoms with van der Waals surface area (Å²) in [5.74, 6) is 1.34. The van der Waals surface area contributed by atoms with Crippen LogP contribution in [0.25, 0.3) is 5.57 Å². The third-order valence-corrected chi connectivity index (χ3v) is 5.65. The molecule has 1 aliphatic carbocycles. The average molecular weight is 288 g/mol. The summed E-state index contributed by atoms with van der Waals surface area (Å²) in [5, 5.41) is 2.26. The summed E-state index contributed by atoms with van der Waals surface area (Å²) < 4.78 is 0. The molecular formula is C19H28S. The van der Waals surface area contributed by atoms with Gasteiger partial charge in [-0.1, -0.05) is 57.8 Å². The molecule has 0 nitrogen and oxygen atoms in total. The summed E-state index contributed by atoms with van der Waals surface area (Å²) >= 11 is 1.91. The van der Waals surface area contributed by atoms with Crippen molar-refractivity contribution in [2.24, 2.45) is 11.8 Å². The average Bonchev–Trinajstić information content (AvgIpc) is 2.89. The molecule has 1 unspecified atom stereocenters. The van der Waals surface area contributed by atoms with Crippen molar-refractivity contribution in [3.63, 3.8) is 0 Å². The Morgan fingerprint density at radius 3 is 2.65 bits per heavy atom. The molecule has 0 aliphatic heterocycles. The van der Waals surface area contributed by atoms with Gasteiger partial charge >= 0.3 is 0 Å². The molecule has 0 saturated carbocycles. The first-order valence-electron chi connectivity index (χ1n) is 8.10. The Labute approximate surface area is 128 Å².